The molecule has 0 aliphatic carbocycles. The Balaban J connectivity index is 2.44. The zero-order valence-electron chi connectivity index (χ0n) is 9.79. The van der Waals surface area contributed by atoms with Crippen molar-refractivity contribution < 1.29 is 4.74 Å². The normalized spacial score (nSPS) is 15.3. The van der Waals surface area contributed by atoms with Crippen LogP contribution in [0.25, 0.3) is 0 Å². The van der Waals surface area contributed by atoms with Crippen LogP contribution in [0.3, 0.4) is 0 Å². The maximum atomic E-state index is 5.41. The van der Waals surface area contributed by atoms with Crippen LogP contribution in [-0.2, 0) is 6.42 Å². The number of hydrogen-bond donors (Lipinski definition) is 0. The van der Waals surface area contributed by atoms with Gasteiger partial charge >= 0.3 is 0 Å². The Morgan fingerprint density at radius 3 is 2.80 bits per heavy atom. The third-order valence-electron chi connectivity index (χ3n) is 3.09. The lowest BCUT2D eigenvalue weighted by molar-refractivity contribution is 0.407. The summed E-state index contributed by atoms with van der Waals surface area (Å²) in [4.78, 5) is 2.46. The van der Waals surface area contributed by atoms with Crippen molar-refractivity contribution in [1.29, 1.82) is 0 Å². The molecule has 0 saturated heterocycles. The molecule has 0 spiro atoms. The van der Waals surface area contributed by atoms with Gasteiger partial charge in [-0.25, -0.2) is 0 Å². The first-order chi connectivity index (χ1) is 7.24. The lowest BCUT2D eigenvalue weighted by Crippen LogP contribution is -2.35. The van der Waals surface area contributed by atoms with Gasteiger partial charge in [-0.05, 0) is 38.8 Å². The average molecular weight is 205 g/mol. The van der Waals surface area contributed by atoms with Crippen LogP contribution in [0.4, 0.5) is 5.69 Å². The molecule has 0 fully saturated rings. The summed E-state index contributed by atoms with van der Waals surface area (Å²) in [6.45, 7) is 5.65. The first-order valence-electron chi connectivity index (χ1n) is 5.66. The van der Waals surface area contributed by atoms with Crippen LogP contribution in [0.1, 0.15) is 25.8 Å². The number of benzene rings is 1. The van der Waals surface area contributed by atoms with Crippen LogP contribution in [0.15, 0.2) is 18.2 Å². The predicted octanol–water partition coefficient (Wildman–Crippen LogP) is 2.86. The van der Waals surface area contributed by atoms with Crippen molar-refractivity contribution in [3.05, 3.63) is 23.8 Å². The maximum Gasteiger partial charge on any atom is 0.124 e. The van der Waals surface area contributed by atoms with Gasteiger partial charge in [-0.2, -0.15) is 0 Å². The Labute approximate surface area is 91.9 Å². The molecular formula is C13H19NO. The van der Waals surface area contributed by atoms with E-state index in [-0.39, 0.29) is 0 Å². The quantitative estimate of drug-likeness (QED) is 0.736. The van der Waals surface area contributed by atoms with Gasteiger partial charge in [-0.15, -0.1) is 0 Å². The Kier molecular flexibility index (Phi) is 2.85. The average Bonchev–Trinajstić information content (AvgIpc) is 2.27. The van der Waals surface area contributed by atoms with E-state index in [1.54, 1.807) is 7.11 Å². The second-order valence-corrected chi connectivity index (χ2v) is 4.35. The zero-order chi connectivity index (χ0) is 10.8. The number of anilines is 1. The summed E-state index contributed by atoms with van der Waals surface area (Å²) in [6.07, 6.45) is 2.37. The standard InChI is InChI=1S/C13H19NO/c1-10(2)14-9-5-6-11-12(14)7-4-8-13(11)15-3/h4,7-8,10H,5-6,9H2,1-3H3. The molecule has 2 nitrogen and oxygen atoms in total. The van der Waals surface area contributed by atoms with E-state index in [1.165, 1.54) is 17.7 Å². The van der Waals surface area contributed by atoms with E-state index < -0.39 is 0 Å². The number of rotatable bonds is 2. The summed E-state index contributed by atoms with van der Waals surface area (Å²) in [5.41, 5.74) is 2.73. The van der Waals surface area contributed by atoms with Crippen molar-refractivity contribution >= 4 is 5.69 Å². The fourth-order valence-corrected chi connectivity index (χ4v) is 2.35. The highest BCUT2D eigenvalue weighted by Gasteiger charge is 2.21. The highest BCUT2D eigenvalue weighted by molar-refractivity contribution is 5.61. The van der Waals surface area contributed by atoms with E-state index in [9.17, 15) is 0 Å². The second kappa shape index (κ2) is 4.13. The van der Waals surface area contributed by atoms with Crippen molar-refractivity contribution in [2.75, 3.05) is 18.6 Å². The van der Waals surface area contributed by atoms with Gasteiger partial charge in [0.25, 0.3) is 0 Å². The Bertz CT molecular complexity index is 346. The predicted molar refractivity (Wildman–Crippen MR) is 63.8 cm³/mol. The molecule has 0 N–H and O–H groups in total. The number of ether oxygens (including phenoxy) is 1. The highest BCUT2D eigenvalue weighted by atomic mass is 16.5. The molecule has 1 aliphatic rings. The van der Waals surface area contributed by atoms with Gasteiger partial charge in [0.05, 0.1) is 7.11 Å². The van der Waals surface area contributed by atoms with Gasteiger partial charge in [-0.3, -0.25) is 0 Å². The summed E-state index contributed by atoms with van der Waals surface area (Å²) >= 11 is 0. The molecule has 0 radical (unpaired) electrons. The van der Waals surface area contributed by atoms with Gasteiger partial charge in [0.15, 0.2) is 0 Å². The van der Waals surface area contributed by atoms with Crippen molar-refractivity contribution in [1.82, 2.24) is 0 Å². The van der Waals surface area contributed by atoms with Crippen molar-refractivity contribution in [3.8, 4) is 5.75 Å². The van der Waals surface area contributed by atoms with Crippen LogP contribution < -0.4 is 9.64 Å². The van der Waals surface area contributed by atoms with Crippen molar-refractivity contribution in [3.63, 3.8) is 0 Å². The lowest BCUT2D eigenvalue weighted by Gasteiger charge is -2.35. The number of fused-ring (bicyclic) bond motifs is 1. The van der Waals surface area contributed by atoms with Crippen molar-refractivity contribution in [2.24, 2.45) is 0 Å². The summed E-state index contributed by atoms with van der Waals surface area (Å²) in [5, 5.41) is 0. The molecule has 1 aromatic carbocycles. The third kappa shape index (κ3) is 1.81. The summed E-state index contributed by atoms with van der Waals surface area (Å²) in [5.74, 6) is 1.04. The summed E-state index contributed by atoms with van der Waals surface area (Å²) < 4.78 is 5.41. The first kappa shape index (κ1) is 10.3. The number of nitrogens with zero attached hydrogens (tertiary/aromatic N) is 1. The minimum atomic E-state index is 0.566. The molecule has 15 heavy (non-hydrogen) atoms. The SMILES string of the molecule is COc1cccc2c1CCCN2C(C)C. The van der Waals surface area contributed by atoms with Crippen LogP contribution in [0.2, 0.25) is 0 Å². The molecule has 1 aromatic rings. The third-order valence-corrected chi connectivity index (χ3v) is 3.09. The lowest BCUT2D eigenvalue weighted by atomic mass is 9.99. The van der Waals surface area contributed by atoms with Crippen LogP contribution in [0, 0.1) is 0 Å². The van der Waals surface area contributed by atoms with Gasteiger partial charge in [-0.1, -0.05) is 6.07 Å². The Hall–Kier alpha value is -1.18. The van der Waals surface area contributed by atoms with E-state index in [1.807, 2.05) is 0 Å². The van der Waals surface area contributed by atoms with E-state index >= 15 is 0 Å². The molecule has 1 heterocycles. The smallest absolute Gasteiger partial charge is 0.124 e. The minimum absolute atomic E-state index is 0.566. The first-order valence-corrected chi connectivity index (χ1v) is 5.66. The molecule has 2 rings (SSSR count). The molecule has 0 unspecified atom stereocenters. The zero-order valence-corrected chi connectivity index (χ0v) is 9.79. The molecule has 0 atom stereocenters. The van der Waals surface area contributed by atoms with E-state index in [4.69, 9.17) is 4.74 Å². The molecule has 2 heteroatoms. The maximum absolute atomic E-state index is 5.41. The van der Waals surface area contributed by atoms with Gasteiger partial charge in [0, 0.05) is 23.8 Å². The van der Waals surface area contributed by atoms with Gasteiger partial charge in [0.2, 0.25) is 0 Å². The fraction of sp³-hybridized carbons (Fsp3) is 0.538. The summed E-state index contributed by atoms with van der Waals surface area (Å²) in [6, 6.07) is 6.91. The van der Waals surface area contributed by atoms with E-state index in [0.29, 0.717) is 6.04 Å². The second-order valence-electron chi connectivity index (χ2n) is 4.35. The monoisotopic (exact) mass is 205 g/mol. The fourth-order valence-electron chi connectivity index (χ4n) is 2.35. The van der Waals surface area contributed by atoms with Crippen LogP contribution in [0.5, 0.6) is 5.75 Å². The van der Waals surface area contributed by atoms with Gasteiger partial charge in [0.1, 0.15) is 5.75 Å². The number of methoxy groups -OCH3 is 1. The van der Waals surface area contributed by atoms with E-state index in [2.05, 4.69) is 36.9 Å². The molecule has 82 valence electrons. The van der Waals surface area contributed by atoms with Crippen LogP contribution >= 0.6 is 0 Å². The summed E-state index contributed by atoms with van der Waals surface area (Å²) in [7, 11) is 1.75. The molecule has 0 bridgehead atoms. The Morgan fingerprint density at radius 1 is 1.33 bits per heavy atom. The molecule has 0 amide bonds. The van der Waals surface area contributed by atoms with Gasteiger partial charge < -0.3 is 9.64 Å². The minimum Gasteiger partial charge on any atom is -0.496 e. The van der Waals surface area contributed by atoms with Crippen molar-refractivity contribution in [2.45, 2.75) is 32.7 Å². The largest absolute Gasteiger partial charge is 0.496 e. The number of hydrogen-bond acceptors (Lipinski definition) is 2. The molecule has 0 aromatic heterocycles. The Morgan fingerprint density at radius 2 is 2.13 bits per heavy atom. The molecule has 1 aliphatic heterocycles. The van der Waals surface area contributed by atoms with E-state index in [0.717, 1.165) is 18.7 Å². The highest BCUT2D eigenvalue weighted by Crippen LogP contribution is 2.34. The molecular weight excluding hydrogens is 186 g/mol. The molecule has 0 saturated carbocycles. The van der Waals surface area contributed by atoms with Crippen LogP contribution in [-0.4, -0.2) is 19.7 Å². The topological polar surface area (TPSA) is 12.5 Å².